The number of nitrogens with zero attached hydrogens (tertiary/aromatic N) is 1. The summed E-state index contributed by atoms with van der Waals surface area (Å²) in [6.07, 6.45) is 3.26. The molecule has 0 bridgehead atoms. The molecule has 0 spiro atoms. The van der Waals surface area contributed by atoms with Gasteiger partial charge in [-0.1, -0.05) is 34.1 Å². The van der Waals surface area contributed by atoms with Gasteiger partial charge >= 0.3 is 0 Å². The van der Waals surface area contributed by atoms with Crippen molar-refractivity contribution in [2.24, 2.45) is 0 Å². The van der Waals surface area contributed by atoms with Crippen LogP contribution in [0.3, 0.4) is 0 Å². The number of carbonyl (C=O) groups excluding carboxylic acids is 1. The Morgan fingerprint density at radius 2 is 1.85 bits per heavy atom. The number of hydrogen-bond donors (Lipinski definition) is 1. The highest BCUT2D eigenvalue weighted by atomic mass is 79.9. The Morgan fingerprint density at radius 1 is 1.15 bits per heavy atom. The van der Waals surface area contributed by atoms with Crippen LogP contribution in [0.25, 0.3) is 6.08 Å². The minimum atomic E-state index is -0.168. The van der Waals surface area contributed by atoms with Crippen LogP contribution in [-0.4, -0.2) is 45.7 Å². The van der Waals surface area contributed by atoms with Gasteiger partial charge in [0.25, 0.3) is 0 Å². The van der Waals surface area contributed by atoms with Gasteiger partial charge in [-0.3, -0.25) is 4.79 Å². The van der Waals surface area contributed by atoms with Crippen molar-refractivity contribution in [1.82, 2.24) is 10.2 Å². The van der Waals surface area contributed by atoms with E-state index < -0.39 is 0 Å². The van der Waals surface area contributed by atoms with E-state index in [2.05, 4.69) is 26.1 Å². The molecule has 0 aliphatic heterocycles. The molecule has 0 aliphatic carbocycles. The fraction of sp³-hybridized carbons (Fsp3) is 0.286. The molecule has 2 aromatic rings. The Balaban J connectivity index is 2.07. The average Bonchev–Trinajstić information content (AvgIpc) is 2.66. The topological polar surface area (TPSA) is 50.8 Å². The zero-order valence-corrected chi connectivity index (χ0v) is 17.6. The number of nitrogens with one attached hydrogen (secondary N) is 1. The van der Waals surface area contributed by atoms with E-state index in [1.807, 2.05) is 56.6 Å². The molecule has 0 fully saturated rings. The first-order valence-electron chi connectivity index (χ1n) is 8.55. The maximum absolute atomic E-state index is 12.3. The number of likely N-dealkylation sites (N-methyl/N-ethyl adjacent to an activating group) is 1. The van der Waals surface area contributed by atoms with Gasteiger partial charge in [0, 0.05) is 28.2 Å². The van der Waals surface area contributed by atoms with Crippen LogP contribution < -0.4 is 14.8 Å². The van der Waals surface area contributed by atoms with Crippen LogP contribution in [0.15, 0.2) is 53.0 Å². The quantitative estimate of drug-likeness (QED) is 0.642. The van der Waals surface area contributed by atoms with Gasteiger partial charge in [0.1, 0.15) is 11.5 Å². The summed E-state index contributed by atoms with van der Waals surface area (Å²) in [5, 5.41) is 2.96. The van der Waals surface area contributed by atoms with Crippen LogP contribution >= 0.6 is 15.9 Å². The Hall–Kier alpha value is -2.31. The summed E-state index contributed by atoms with van der Waals surface area (Å²) in [6.45, 7) is 0.464. The smallest absolute Gasteiger partial charge is 0.244 e. The number of ether oxygens (including phenoxy) is 2. The lowest BCUT2D eigenvalue weighted by Gasteiger charge is -2.26. The third kappa shape index (κ3) is 5.84. The predicted octanol–water partition coefficient (Wildman–Crippen LogP) is 3.90. The van der Waals surface area contributed by atoms with Gasteiger partial charge in [-0.25, -0.2) is 0 Å². The number of benzene rings is 2. The van der Waals surface area contributed by atoms with E-state index in [1.165, 1.54) is 6.08 Å². The second-order valence-electron chi connectivity index (χ2n) is 6.19. The largest absolute Gasteiger partial charge is 0.496 e. The number of amides is 1. The molecule has 2 rings (SSSR count). The van der Waals surface area contributed by atoms with Gasteiger partial charge in [-0.2, -0.15) is 0 Å². The minimum absolute atomic E-state index is 0.00101. The number of methoxy groups -OCH3 is 2. The standard InChI is InChI=1S/C21H25BrN2O3/c1-24(2)18(17-7-5-6-8-20(17)27-4)14-23-21(25)12-9-15-13-16(22)10-11-19(15)26-3/h5-13,18H,14H2,1-4H3,(H,23,25)/b12-9+. The summed E-state index contributed by atoms with van der Waals surface area (Å²) >= 11 is 3.43. The van der Waals surface area contributed by atoms with Gasteiger partial charge < -0.3 is 19.7 Å². The van der Waals surface area contributed by atoms with Crippen LogP contribution in [0.2, 0.25) is 0 Å². The summed E-state index contributed by atoms with van der Waals surface area (Å²) in [5.41, 5.74) is 1.86. The van der Waals surface area contributed by atoms with E-state index in [-0.39, 0.29) is 11.9 Å². The van der Waals surface area contributed by atoms with Crippen molar-refractivity contribution < 1.29 is 14.3 Å². The summed E-state index contributed by atoms with van der Waals surface area (Å²) in [7, 11) is 7.21. The summed E-state index contributed by atoms with van der Waals surface area (Å²) in [6, 6.07) is 13.5. The summed E-state index contributed by atoms with van der Waals surface area (Å²) in [4.78, 5) is 14.4. The molecular formula is C21H25BrN2O3. The maximum Gasteiger partial charge on any atom is 0.244 e. The molecule has 0 saturated heterocycles. The number of rotatable bonds is 8. The van der Waals surface area contributed by atoms with Crippen molar-refractivity contribution in [2.45, 2.75) is 6.04 Å². The lowest BCUT2D eigenvalue weighted by Crippen LogP contribution is -2.33. The number of para-hydroxylation sites is 1. The van der Waals surface area contributed by atoms with E-state index in [0.29, 0.717) is 12.3 Å². The molecule has 1 atom stereocenters. The van der Waals surface area contributed by atoms with Crippen molar-refractivity contribution in [3.63, 3.8) is 0 Å². The highest BCUT2D eigenvalue weighted by Gasteiger charge is 2.18. The first-order chi connectivity index (χ1) is 13.0. The molecule has 2 aromatic carbocycles. The molecule has 0 saturated carbocycles. The Bertz CT molecular complexity index is 806. The predicted molar refractivity (Wildman–Crippen MR) is 112 cm³/mol. The fourth-order valence-corrected chi connectivity index (χ4v) is 3.15. The van der Waals surface area contributed by atoms with Crippen LogP contribution in [-0.2, 0) is 4.79 Å². The Labute approximate surface area is 169 Å². The molecular weight excluding hydrogens is 408 g/mol. The van der Waals surface area contributed by atoms with Gasteiger partial charge in [0.05, 0.1) is 20.3 Å². The maximum atomic E-state index is 12.3. The van der Waals surface area contributed by atoms with E-state index in [4.69, 9.17) is 9.47 Å². The highest BCUT2D eigenvalue weighted by molar-refractivity contribution is 9.10. The normalized spacial score (nSPS) is 12.2. The summed E-state index contributed by atoms with van der Waals surface area (Å²) in [5.74, 6) is 1.35. The van der Waals surface area contributed by atoms with Crippen LogP contribution in [0.1, 0.15) is 17.2 Å². The van der Waals surface area contributed by atoms with Gasteiger partial charge in [0.2, 0.25) is 5.91 Å². The monoisotopic (exact) mass is 432 g/mol. The van der Waals surface area contributed by atoms with Crippen LogP contribution in [0.5, 0.6) is 11.5 Å². The highest BCUT2D eigenvalue weighted by Crippen LogP contribution is 2.27. The van der Waals surface area contributed by atoms with Crippen molar-refractivity contribution in [1.29, 1.82) is 0 Å². The Kier molecular flexibility index (Phi) is 7.88. The first-order valence-corrected chi connectivity index (χ1v) is 9.34. The molecule has 1 amide bonds. The molecule has 144 valence electrons. The number of carbonyl (C=O) groups is 1. The van der Waals surface area contributed by atoms with E-state index >= 15 is 0 Å². The zero-order valence-electron chi connectivity index (χ0n) is 16.0. The second kappa shape index (κ2) is 10.1. The molecule has 1 N–H and O–H groups in total. The molecule has 0 aromatic heterocycles. The van der Waals surface area contributed by atoms with Crippen molar-refractivity contribution >= 4 is 27.9 Å². The lowest BCUT2D eigenvalue weighted by atomic mass is 10.0. The fourth-order valence-electron chi connectivity index (χ4n) is 2.77. The third-order valence-electron chi connectivity index (χ3n) is 4.20. The summed E-state index contributed by atoms with van der Waals surface area (Å²) < 4.78 is 11.7. The minimum Gasteiger partial charge on any atom is -0.496 e. The molecule has 6 heteroatoms. The third-order valence-corrected chi connectivity index (χ3v) is 4.69. The molecule has 27 heavy (non-hydrogen) atoms. The lowest BCUT2D eigenvalue weighted by molar-refractivity contribution is -0.116. The van der Waals surface area contributed by atoms with Crippen LogP contribution in [0, 0.1) is 0 Å². The van der Waals surface area contributed by atoms with Crippen molar-refractivity contribution in [3.8, 4) is 11.5 Å². The molecule has 0 heterocycles. The molecule has 5 nitrogen and oxygen atoms in total. The van der Waals surface area contributed by atoms with Crippen LogP contribution in [0.4, 0.5) is 0 Å². The van der Waals surface area contributed by atoms with E-state index in [0.717, 1.165) is 21.3 Å². The van der Waals surface area contributed by atoms with Gasteiger partial charge in [-0.05, 0) is 44.4 Å². The van der Waals surface area contributed by atoms with Crippen molar-refractivity contribution in [3.05, 3.63) is 64.1 Å². The number of hydrogen-bond acceptors (Lipinski definition) is 4. The average molecular weight is 433 g/mol. The molecule has 0 aliphatic rings. The van der Waals surface area contributed by atoms with Gasteiger partial charge in [-0.15, -0.1) is 0 Å². The molecule has 0 radical (unpaired) electrons. The molecule has 1 unspecified atom stereocenters. The van der Waals surface area contributed by atoms with Crippen molar-refractivity contribution in [2.75, 3.05) is 34.9 Å². The second-order valence-corrected chi connectivity index (χ2v) is 7.10. The number of halogens is 1. The van der Waals surface area contributed by atoms with E-state index in [1.54, 1.807) is 20.3 Å². The first kappa shape index (κ1) is 21.0. The zero-order chi connectivity index (χ0) is 19.8. The van der Waals surface area contributed by atoms with E-state index in [9.17, 15) is 4.79 Å². The van der Waals surface area contributed by atoms with Gasteiger partial charge in [0.15, 0.2) is 0 Å². The SMILES string of the molecule is COc1ccc(Br)cc1/C=C/C(=O)NCC(c1ccccc1OC)N(C)C. The Morgan fingerprint density at radius 3 is 2.52 bits per heavy atom.